The molecule has 33 heavy (non-hydrogen) atoms. The van der Waals surface area contributed by atoms with Gasteiger partial charge in [0.15, 0.2) is 0 Å². The van der Waals surface area contributed by atoms with Crippen molar-refractivity contribution in [3.63, 3.8) is 0 Å². The van der Waals surface area contributed by atoms with E-state index in [1.54, 1.807) is 11.0 Å². The van der Waals surface area contributed by atoms with Crippen LogP contribution in [0, 0.1) is 5.92 Å². The topological polar surface area (TPSA) is 78.5 Å². The molecular formula is C26H31N3O3S. The van der Waals surface area contributed by atoms with Gasteiger partial charge in [0.2, 0.25) is 11.8 Å². The normalized spacial score (nSPS) is 16.6. The third kappa shape index (κ3) is 6.38. The van der Waals surface area contributed by atoms with E-state index in [1.807, 2.05) is 42.5 Å². The summed E-state index contributed by atoms with van der Waals surface area (Å²) in [5, 5.41) is 5.98. The first-order valence-corrected chi connectivity index (χ1v) is 12.8. The van der Waals surface area contributed by atoms with Gasteiger partial charge in [-0.25, -0.2) is 0 Å². The molecule has 3 amide bonds. The number of nitrogens with one attached hydrogen (secondary N) is 2. The maximum Gasteiger partial charge on any atom is 0.256 e. The van der Waals surface area contributed by atoms with Gasteiger partial charge < -0.3 is 15.5 Å². The van der Waals surface area contributed by atoms with Crippen molar-refractivity contribution in [1.29, 1.82) is 0 Å². The van der Waals surface area contributed by atoms with E-state index in [0.29, 0.717) is 23.6 Å². The number of rotatable bonds is 8. The highest BCUT2D eigenvalue weighted by Crippen LogP contribution is 2.26. The Hall–Kier alpha value is -2.80. The molecule has 7 heteroatoms. The average molecular weight is 466 g/mol. The smallest absolute Gasteiger partial charge is 0.256 e. The molecular weight excluding hydrogens is 434 g/mol. The van der Waals surface area contributed by atoms with E-state index in [9.17, 15) is 14.4 Å². The lowest BCUT2D eigenvalue weighted by molar-refractivity contribution is -0.119. The molecule has 2 aromatic rings. The second kappa shape index (κ2) is 11.4. The van der Waals surface area contributed by atoms with Crippen molar-refractivity contribution in [1.82, 2.24) is 5.32 Å². The number of carbonyl (C=O) groups is 3. The van der Waals surface area contributed by atoms with Crippen LogP contribution in [0.4, 0.5) is 11.4 Å². The fourth-order valence-electron chi connectivity index (χ4n) is 4.47. The van der Waals surface area contributed by atoms with Crippen molar-refractivity contribution in [3.8, 4) is 0 Å². The summed E-state index contributed by atoms with van der Waals surface area (Å²) in [6.45, 7) is 1.49. The van der Waals surface area contributed by atoms with E-state index in [2.05, 4.69) is 10.6 Å². The van der Waals surface area contributed by atoms with Crippen LogP contribution < -0.4 is 15.5 Å². The van der Waals surface area contributed by atoms with Gasteiger partial charge in [0.25, 0.3) is 5.91 Å². The van der Waals surface area contributed by atoms with Crippen LogP contribution >= 0.6 is 11.8 Å². The van der Waals surface area contributed by atoms with E-state index >= 15 is 0 Å². The van der Waals surface area contributed by atoms with Crippen molar-refractivity contribution in [2.45, 2.75) is 49.8 Å². The lowest BCUT2D eigenvalue weighted by atomic mass is 9.89. The standard InChI is InChI=1S/C26H31N3O3S/c30-24(27-17-19-7-2-1-3-8-19)18-33-23-10-5-4-9-22(23)26(32)28-20-12-14-21(15-13-20)29-16-6-11-25(29)31/h4-5,9-10,12-15,19H,1-3,6-8,11,16-18H2,(H,27,30)(H,28,32). The van der Waals surface area contributed by atoms with E-state index < -0.39 is 0 Å². The van der Waals surface area contributed by atoms with Gasteiger partial charge in [-0.2, -0.15) is 0 Å². The van der Waals surface area contributed by atoms with Gasteiger partial charge in [0.05, 0.1) is 11.3 Å². The SMILES string of the molecule is O=C(CSc1ccccc1C(=O)Nc1ccc(N2CCCC2=O)cc1)NCC1CCCCC1. The highest BCUT2D eigenvalue weighted by atomic mass is 32.2. The number of thioether (sulfide) groups is 1. The fraction of sp³-hybridized carbons (Fsp3) is 0.423. The Kier molecular flexibility index (Phi) is 8.05. The van der Waals surface area contributed by atoms with Crippen LogP contribution in [-0.2, 0) is 9.59 Å². The first-order valence-electron chi connectivity index (χ1n) is 11.8. The predicted octanol–water partition coefficient (Wildman–Crippen LogP) is 4.85. The zero-order valence-electron chi connectivity index (χ0n) is 18.8. The van der Waals surface area contributed by atoms with Gasteiger partial charge in [0.1, 0.15) is 0 Å². The minimum atomic E-state index is -0.217. The summed E-state index contributed by atoms with van der Waals surface area (Å²) in [5.41, 5.74) is 2.06. The first-order chi connectivity index (χ1) is 16.1. The third-order valence-corrected chi connectivity index (χ3v) is 7.39. The molecule has 6 nitrogen and oxygen atoms in total. The summed E-state index contributed by atoms with van der Waals surface area (Å²) in [4.78, 5) is 39.7. The summed E-state index contributed by atoms with van der Waals surface area (Å²) >= 11 is 1.38. The average Bonchev–Trinajstić information content (AvgIpc) is 3.28. The van der Waals surface area contributed by atoms with E-state index in [0.717, 1.165) is 30.1 Å². The van der Waals surface area contributed by atoms with Crippen LogP contribution in [0.25, 0.3) is 0 Å². The van der Waals surface area contributed by atoms with Gasteiger partial charge in [0, 0.05) is 35.8 Å². The molecule has 0 radical (unpaired) electrons. The van der Waals surface area contributed by atoms with Crippen LogP contribution in [0.15, 0.2) is 53.4 Å². The number of hydrogen-bond donors (Lipinski definition) is 2. The van der Waals surface area contributed by atoms with Crippen LogP contribution in [0.3, 0.4) is 0 Å². The van der Waals surface area contributed by atoms with E-state index in [1.165, 1.54) is 43.9 Å². The highest BCUT2D eigenvalue weighted by Gasteiger charge is 2.21. The molecule has 1 aliphatic heterocycles. The molecule has 1 saturated carbocycles. The number of hydrogen-bond acceptors (Lipinski definition) is 4. The van der Waals surface area contributed by atoms with Crippen molar-refractivity contribution in [2.75, 3.05) is 29.1 Å². The second-order valence-corrected chi connectivity index (χ2v) is 9.76. The Morgan fingerprint density at radius 2 is 1.73 bits per heavy atom. The monoisotopic (exact) mass is 465 g/mol. The summed E-state index contributed by atoms with van der Waals surface area (Å²) in [6, 6.07) is 14.7. The Morgan fingerprint density at radius 3 is 2.45 bits per heavy atom. The van der Waals surface area contributed by atoms with E-state index in [-0.39, 0.29) is 23.5 Å². The van der Waals surface area contributed by atoms with E-state index in [4.69, 9.17) is 0 Å². The lowest BCUT2D eigenvalue weighted by Gasteiger charge is -2.21. The minimum absolute atomic E-state index is 0.00725. The molecule has 1 heterocycles. The van der Waals surface area contributed by atoms with Crippen LogP contribution in [0.5, 0.6) is 0 Å². The Morgan fingerprint density at radius 1 is 0.970 bits per heavy atom. The Balaban J connectivity index is 1.31. The minimum Gasteiger partial charge on any atom is -0.355 e. The van der Waals surface area contributed by atoms with Crippen LogP contribution in [0.1, 0.15) is 55.3 Å². The van der Waals surface area contributed by atoms with Gasteiger partial charge in [-0.1, -0.05) is 31.4 Å². The molecule has 0 spiro atoms. The fourth-order valence-corrected chi connectivity index (χ4v) is 5.35. The summed E-state index contributed by atoms with van der Waals surface area (Å²) in [7, 11) is 0. The molecule has 174 valence electrons. The molecule has 1 aliphatic carbocycles. The van der Waals surface area contributed by atoms with Crippen LogP contribution in [0.2, 0.25) is 0 Å². The van der Waals surface area contributed by atoms with Gasteiger partial charge in [-0.15, -0.1) is 11.8 Å². The predicted molar refractivity (Wildman–Crippen MR) is 133 cm³/mol. The molecule has 0 bridgehead atoms. The van der Waals surface area contributed by atoms with Crippen molar-refractivity contribution >= 4 is 40.9 Å². The van der Waals surface area contributed by atoms with Gasteiger partial charge >= 0.3 is 0 Å². The molecule has 2 aromatic carbocycles. The van der Waals surface area contributed by atoms with Gasteiger partial charge in [-0.05, 0) is 61.6 Å². The summed E-state index contributed by atoms with van der Waals surface area (Å²) in [5.74, 6) is 0.815. The number of amides is 3. The molecule has 2 fully saturated rings. The summed E-state index contributed by atoms with van der Waals surface area (Å²) in [6.07, 6.45) is 7.70. The quantitative estimate of drug-likeness (QED) is 0.546. The first kappa shape index (κ1) is 23.4. The summed E-state index contributed by atoms with van der Waals surface area (Å²) < 4.78 is 0. The Labute approximate surface area is 199 Å². The number of nitrogens with zero attached hydrogens (tertiary/aromatic N) is 1. The molecule has 0 unspecified atom stereocenters. The Bertz CT molecular complexity index is 987. The largest absolute Gasteiger partial charge is 0.355 e. The lowest BCUT2D eigenvalue weighted by Crippen LogP contribution is -2.31. The second-order valence-electron chi connectivity index (χ2n) is 8.74. The molecule has 1 saturated heterocycles. The molecule has 0 aromatic heterocycles. The molecule has 0 atom stereocenters. The number of anilines is 2. The maximum atomic E-state index is 12.9. The zero-order valence-corrected chi connectivity index (χ0v) is 19.7. The van der Waals surface area contributed by atoms with Crippen molar-refractivity contribution < 1.29 is 14.4 Å². The molecule has 4 rings (SSSR count). The van der Waals surface area contributed by atoms with Crippen molar-refractivity contribution in [2.24, 2.45) is 5.92 Å². The third-order valence-electron chi connectivity index (χ3n) is 6.31. The molecule has 2 N–H and O–H groups in total. The number of benzene rings is 2. The van der Waals surface area contributed by atoms with Crippen LogP contribution in [-0.4, -0.2) is 36.6 Å². The number of carbonyl (C=O) groups excluding carboxylic acids is 3. The van der Waals surface area contributed by atoms with Gasteiger partial charge in [-0.3, -0.25) is 14.4 Å². The maximum absolute atomic E-state index is 12.9. The zero-order chi connectivity index (χ0) is 23.0. The molecule has 2 aliphatic rings. The highest BCUT2D eigenvalue weighted by molar-refractivity contribution is 8.00. The van der Waals surface area contributed by atoms with Crippen molar-refractivity contribution in [3.05, 3.63) is 54.1 Å².